The zero-order chi connectivity index (χ0) is 22.8. The Bertz CT molecular complexity index is 1430. The second kappa shape index (κ2) is 8.54. The van der Waals surface area contributed by atoms with Crippen molar-refractivity contribution in [1.29, 1.82) is 0 Å². The van der Waals surface area contributed by atoms with Crippen LogP contribution >= 0.6 is 0 Å². The fraction of sp³-hybridized carbons (Fsp3) is 0.0833. The first-order valence-electron chi connectivity index (χ1n) is 10.2. The smallest absolute Gasteiger partial charge is 0.404 e. The molecule has 5 aromatic rings. The highest BCUT2D eigenvalue weighted by Gasteiger charge is 2.20. The van der Waals surface area contributed by atoms with Crippen molar-refractivity contribution in [2.24, 2.45) is 0 Å². The summed E-state index contributed by atoms with van der Waals surface area (Å²) in [4.78, 5) is 19.6. The second-order valence-corrected chi connectivity index (χ2v) is 7.31. The van der Waals surface area contributed by atoms with E-state index in [9.17, 15) is 9.18 Å². The summed E-state index contributed by atoms with van der Waals surface area (Å²) in [6.45, 7) is 0.498. The van der Waals surface area contributed by atoms with Crippen LogP contribution in [-0.2, 0) is 6.54 Å². The Hall–Kier alpha value is -4.53. The van der Waals surface area contributed by atoms with Gasteiger partial charge in [0.1, 0.15) is 23.6 Å². The van der Waals surface area contributed by atoms with Gasteiger partial charge in [0.15, 0.2) is 0 Å². The summed E-state index contributed by atoms with van der Waals surface area (Å²) in [6.07, 6.45) is 2.11. The summed E-state index contributed by atoms with van der Waals surface area (Å²) >= 11 is 0. The van der Waals surface area contributed by atoms with Gasteiger partial charge in [-0.2, -0.15) is 5.10 Å². The molecule has 5 rings (SSSR count). The molecular formula is C24H18FN5O3. The first-order chi connectivity index (χ1) is 16.1. The highest BCUT2D eigenvalue weighted by Crippen LogP contribution is 2.36. The summed E-state index contributed by atoms with van der Waals surface area (Å²) in [6, 6.07) is 17.6. The maximum absolute atomic E-state index is 13.5. The normalized spacial score (nSPS) is 11.1. The van der Waals surface area contributed by atoms with Gasteiger partial charge in [-0.15, -0.1) is 0 Å². The van der Waals surface area contributed by atoms with Crippen LogP contribution in [0.2, 0.25) is 0 Å². The van der Waals surface area contributed by atoms with Gasteiger partial charge in [0.2, 0.25) is 5.71 Å². The lowest BCUT2D eigenvalue weighted by atomic mass is 10.0. The number of nitrogens with one attached hydrogen (secondary N) is 1. The van der Waals surface area contributed by atoms with E-state index in [-0.39, 0.29) is 12.4 Å². The number of hydrogen-bond donors (Lipinski definition) is 2. The predicted octanol–water partition coefficient (Wildman–Crippen LogP) is 4.83. The van der Waals surface area contributed by atoms with Crippen molar-refractivity contribution in [3.8, 4) is 33.8 Å². The number of carbonyl (C=O) groups is 1. The number of benzene rings is 2. The standard InChI is InChI=1S/C24H18FN5O3/c25-17-8-6-16(7-9-17)21-19(13-30(29-21)11-10-26-24(31)32)22-18-12-20(15-4-2-1-3-5-15)33-23(18)28-14-27-22/h1-9,12-14,26H,10-11H2,(H,31,32). The lowest BCUT2D eigenvalue weighted by Gasteiger charge is -2.03. The summed E-state index contributed by atoms with van der Waals surface area (Å²) in [5.41, 5.74) is 3.95. The number of aromatic nitrogens is 4. The van der Waals surface area contributed by atoms with Crippen LogP contribution in [0.25, 0.3) is 44.9 Å². The Morgan fingerprint density at radius 1 is 1.03 bits per heavy atom. The zero-order valence-corrected chi connectivity index (χ0v) is 17.3. The minimum Gasteiger partial charge on any atom is -0.465 e. The highest BCUT2D eigenvalue weighted by atomic mass is 19.1. The van der Waals surface area contributed by atoms with E-state index in [1.54, 1.807) is 23.0 Å². The van der Waals surface area contributed by atoms with Crippen LogP contribution in [0.5, 0.6) is 0 Å². The number of furan rings is 1. The monoisotopic (exact) mass is 443 g/mol. The van der Waals surface area contributed by atoms with E-state index < -0.39 is 6.09 Å². The maximum Gasteiger partial charge on any atom is 0.404 e. The number of amides is 1. The number of halogens is 1. The minimum atomic E-state index is -1.11. The third-order valence-electron chi connectivity index (χ3n) is 5.14. The van der Waals surface area contributed by atoms with Crippen molar-refractivity contribution in [2.45, 2.75) is 6.54 Å². The number of hydrogen-bond acceptors (Lipinski definition) is 5. The third-order valence-corrected chi connectivity index (χ3v) is 5.14. The van der Waals surface area contributed by atoms with Crippen LogP contribution in [0.15, 0.2) is 77.6 Å². The second-order valence-electron chi connectivity index (χ2n) is 7.31. The predicted molar refractivity (Wildman–Crippen MR) is 120 cm³/mol. The average molecular weight is 443 g/mol. The van der Waals surface area contributed by atoms with Crippen LogP contribution < -0.4 is 5.32 Å². The lowest BCUT2D eigenvalue weighted by Crippen LogP contribution is -2.25. The van der Waals surface area contributed by atoms with Crippen LogP contribution in [0.4, 0.5) is 9.18 Å². The fourth-order valence-corrected chi connectivity index (χ4v) is 3.62. The van der Waals surface area contributed by atoms with E-state index >= 15 is 0 Å². The number of rotatable bonds is 6. The zero-order valence-electron chi connectivity index (χ0n) is 17.3. The number of nitrogens with zero attached hydrogens (tertiary/aromatic N) is 4. The van der Waals surface area contributed by atoms with Crippen molar-refractivity contribution >= 4 is 17.2 Å². The fourth-order valence-electron chi connectivity index (χ4n) is 3.62. The molecule has 0 unspecified atom stereocenters. The Morgan fingerprint density at radius 2 is 1.82 bits per heavy atom. The quantitative estimate of drug-likeness (QED) is 0.389. The van der Waals surface area contributed by atoms with Gasteiger partial charge in [-0.3, -0.25) is 4.68 Å². The van der Waals surface area contributed by atoms with E-state index in [2.05, 4.69) is 20.4 Å². The Balaban J connectivity index is 1.62. The van der Waals surface area contributed by atoms with Crippen LogP contribution in [0, 0.1) is 5.82 Å². The Kier molecular flexibility index (Phi) is 5.27. The van der Waals surface area contributed by atoms with Gasteiger partial charge in [-0.05, 0) is 30.3 Å². The molecule has 0 aliphatic heterocycles. The summed E-state index contributed by atoms with van der Waals surface area (Å²) in [5, 5.41) is 16.5. The first kappa shape index (κ1) is 20.4. The van der Waals surface area contributed by atoms with Crippen molar-refractivity contribution in [2.75, 3.05) is 6.54 Å². The van der Waals surface area contributed by atoms with Crippen molar-refractivity contribution in [3.63, 3.8) is 0 Å². The number of fused-ring (bicyclic) bond motifs is 1. The summed E-state index contributed by atoms with van der Waals surface area (Å²) < 4.78 is 21.1. The SMILES string of the molecule is O=C(O)NCCn1cc(-c2ncnc3oc(-c4ccccc4)cc23)c(-c2ccc(F)cc2)n1. The van der Waals surface area contributed by atoms with Crippen LogP contribution in [-0.4, -0.2) is 37.5 Å². The molecular weight excluding hydrogens is 425 g/mol. The molecule has 1 amide bonds. The lowest BCUT2D eigenvalue weighted by molar-refractivity contribution is 0.194. The molecule has 3 heterocycles. The molecule has 0 fully saturated rings. The molecule has 3 aromatic heterocycles. The molecule has 2 aromatic carbocycles. The molecule has 0 bridgehead atoms. The molecule has 0 saturated carbocycles. The van der Waals surface area contributed by atoms with E-state index in [1.165, 1.54) is 18.5 Å². The first-order valence-corrected chi connectivity index (χ1v) is 10.2. The van der Waals surface area contributed by atoms with Gasteiger partial charge >= 0.3 is 6.09 Å². The minimum absolute atomic E-state index is 0.183. The topological polar surface area (TPSA) is 106 Å². The summed E-state index contributed by atoms with van der Waals surface area (Å²) in [7, 11) is 0. The van der Waals surface area contributed by atoms with E-state index in [0.29, 0.717) is 45.9 Å². The third kappa shape index (κ3) is 4.16. The van der Waals surface area contributed by atoms with Crippen LogP contribution in [0.3, 0.4) is 0 Å². The molecule has 33 heavy (non-hydrogen) atoms. The molecule has 8 nitrogen and oxygen atoms in total. The van der Waals surface area contributed by atoms with E-state index in [1.807, 2.05) is 36.4 Å². The van der Waals surface area contributed by atoms with Gasteiger partial charge in [-0.25, -0.2) is 19.2 Å². The molecule has 164 valence electrons. The molecule has 0 radical (unpaired) electrons. The molecule has 9 heteroatoms. The molecule has 0 aliphatic rings. The van der Waals surface area contributed by atoms with Gasteiger partial charge < -0.3 is 14.8 Å². The Morgan fingerprint density at radius 3 is 2.58 bits per heavy atom. The molecule has 0 atom stereocenters. The molecule has 0 saturated heterocycles. The van der Waals surface area contributed by atoms with Crippen LogP contribution in [0.1, 0.15) is 0 Å². The Labute approximate surface area is 187 Å². The molecule has 2 N–H and O–H groups in total. The van der Waals surface area contributed by atoms with Gasteiger partial charge in [-0.1, -0.05) is 30.3 Å². The summed E-state index contributed by atoms with van der Waals surface area (Å²) in [5.74, 6) is 0.311. The van der Waals surface area contributed by atoms with Gasteiger partial charge in [0.25, 0.3) is 0 Å². The highest BCUT2D eigenvalue weighted by molar-refractivity contribution is 5.95. The van der Waals surface area contributed by atoms with Gasteiger partial charge in [0, 0.05) is 29.4 Å². The van der Waals surface area contributed by atoms with Gasteiger partial charge in [0.05, 0.1) is 17.6 Å². The van der Waals surface area contributed by atoms with Crippen molar-refractivity contribution in [1.82, 2.24) is 25.1 Å². The van der Waals surface area contributed by atoms with E-state index in [4.69, 9.17) is 9.52 Å². The average Bonchev–Trinajstić information content (AvgIpc) is 3.44. The van der Waals surface area contributed by atoms with Crippen molar-refractivity contribution in [3.05, 3.63) is 79.0 Å². The number of carboxylic acid groups (broad SMARTS) is 1. The molecule has 0 aliphatic carbocycles. The maximum atomic E-state index is 13.5. The molecule has 0 spiro atoms. The van der Waals surface area contributed by atoms with Crippen molar-refractivity contribution < 1.29 is 18.7 Å². The largest absolute Gasteiger partial charge is 0.465 e. The van der Waals surface area contributed by atoms with E-state index in [0.717, 1.165) is 5.56 Å².